The molecule has 0 aromatic heterocycles. The van der Waals surface area contributed by atoms with E-state index < -0.39 is 0 Å². The lowest BCUT2D eigenvalue weighted by Crippen LogP contribution is -2.18. The van der Waals surface area contributed by atoms with Gasteiger partial charge in [0.05, 0.1) is 11.6 Å². The topological polar surface area (TPSA) is 38.3 Å². The normalized spacial score (nSPS) is 9.73. The second-order valence-corrected chi connectivity index (χ2v) is 3.46. The van der Waals surface area contributed by atoms with E-state index in [0.717, 1.165) is 0 Å². The Kier molecular flexibility index (Phi) is 4.98. The predicted molar refractivity (Wildman–Crippen MR) is 60.2 cm³/mol. The number of carbonyl (C=O) groups excluding carboxylic acids is 1. The first-order valence-corrected chi connectivity index (χ1v) is 5.19. The highest BCUT2D eigenvalue weighted by atomic mass is 35.5. The number of amides is 1. The van der Waals surface area contributed by atoms with E-state index in [9.17, 15) is 4.79 Å². The maximum absolute atomic E-state index is 10.9. The van der Waals surface area contributed by atoms with Crippen LogP contribution in [0.4, 0.5) is 0 Å². The maximum atomic E-state index is 10.9. The van der Waals surface area contributed by atoms with Gasteiger partial charge in [-0.3, -0.25) is 4.79 Å². The largest absolute Gasteiger partial charge is 0.492 e. The zero-order valence-electron chi connectivity index (χ0n) is 8.63. The van der Waals surface area contributed by atoms with Gasteiger partial charge < -0.3 is 10.1 Å². The van der Waals surface area contributed by atoms with Crippen molar-refractivity contribution < 1.29 is 9.53 Å². The Labute approximate surface area is 94.4 Å². The van der Waals surface area contributed by atoms with Crippen molar-refractivity contribution in [3.05, 3.63) is 29.3 Å². The van der Waals surface area contributed by atoms with E-state index in [-0.39, 0.29) is 5.91 Å². The average molecular weight is 228 g/mol. The third-order valence-corrected chi connectivity index (χ3v) is 2.23. The molecule has 0 atom stereocenters. The number of para-hydroxylation sites is 1. The second-order valence-electron chi connectivity index (χ2n) is 3.06. The van der Waals surface area contributed by atoms with Gasteiger partial charge >= 0.3 is 0 Å². The molecule has 0 heterocycles. The van der Waals surface area contributed by atoms with Crippen molar-refractivity contribution >= 4 is 17.5 Å². The van der Waals surface area contributed by atoms with Crippen LogP contribution in [0.2, 0.25) is 5.02 Å². The van der Waals surface area contributed by atoms with Gasteiger partial charge in [0.15, 0.2) is 0 Å². The second kappa shape index (κ2) is 6.30. The lowest BCUT2D eigenvalue weighted by Gasteiger charge is -2.06. The Morgan fingerprint density at radius 3 is 2.87 bits per heavy atom. The van der Waals surface area contributed by atoms with E-state index in [4.69, 9.17) is 16.3 Å². The third-order valence-electron chi connectivity index (χ3n) is 1.92. The van der Waals surface area contributed by atoms with Gasteiger partial charge in [0.1, 0.15) is 5.75 Å². The molecule has 1 aromatic carbocycles. The summed E-state index contributed by atoms with van der Waals surface area (Å²) >= 11 is 5.89. The van der Waals surface area contributed by atoms with Gasteiger partial charge in [-0.15, -0.1) is 0 Å². The fourth-order valence-corrected chi connectivity index (χ4v) is 1.29. The van der Waals surface area contributed by atoms with E-state index in [1.807, 2.05) is 18.2 Å². The van der Waals surface area contributed by atoms with Gasteiger partial charge in [0, 0.05) is 13.5 Å². The Balaban J connectivity index is 2.26. The Morgan fingerprint density at radius 2 is 2.20 bits per heavy atom. The number of benzene rings is 1. The number of halogens is 1. The zero-order valence-corrected chi connectivity index (χ0v) is 9.38. The summed E-state index contributed by atoms with van der Waals surface area (Å²) < 4.78 is 5.42. The van der Waals surface area contributed by atoms with Crippen LogP contribution >= 0.6 is 11.6 Å². The van der Waals surface area contributed by atoms with Gasteiger partial charge in [0.2, 0.25) is 5.91 Å². The lowest BCUT2D eigenvalue weighted by molar-refractivity contribution is -0.120. The summed E-state index contributed by atoms with van der Waals surface area (Å²) in [6, 6.07) is 7.29. The summed E-state index contributed by atoms with van der Waals surface area (Å²) in [6.07, 6.45) is 1.16. The van der Waals surface area contributed by atoms with Crippen LogP contribution in [0.1, 0.15) is 12.8 Å². The summed E-state index contributed by atoms with van der Waals surface area (Å²) in [5.74, 6) is 0.689. The molecule has 1 rings (SSSR count). The fourth-order valence-electron chi connectivity index (χ4n) is 1.10. The van der Waals surface area contributed by atoms with Gasteiger partial charge in [0.25, 0.3) is 0 Å². The fraction of sp³-hybridized carbons (Fsp3) is 0.364. The molecule has 1 N–H and O–H groups in total. The van der Waals surface area contributed by atoms with Crippen molar-refractivity contribution in [3.63, 3.8) is 0 Å². The molecule has 1 amide bonds. The van der Waals surface area contributed by atoms with Crippen LogP contribution in [0.15, 0.2) is 24.3 Å². The number of rotatable bonds is 5. The molecule has 0 fully saturated rings. The van der Waals surface area contributed by atoms with Crippen LogP contribution < -0.4 is 10.1 Å². The van der Waals surface area contributed by atoms with E-state index in [1.54, 1.807) is 13.1 Å². The molecule has 82 valence electrons. The summed E-state index contributed by atoms with van der Waals surface area (Å²) in [4.78, 5) is 10.9. The minimum absolute atomic E-state index is 0.0257. The quantitative estimate of drug-likeness (QED) is 0.784. The van der Waals surface area contributed by atoms with Crippen LogP contribution in [-0.4, -0.2) is 19.6 Å². The molecule has 0 bridgehead atoms. The SMILES string of the molecule is CNC(=O)CCCOc1ccccc1Cl. The summed E-state index contributed by atoms with van der Waals surface area (Å²) in [7, 11) is 1.62. The average Bonchev–Trinajstić information content (AvgIpc) is 2.26. The summed E-state index contributed by atoms with van der Waals surface area (Å²) in [6.45, 7) is 0.497. The van der Waals surface area contributed by atoms with Gasteiger partial charge in [-0.25, -0.2) is 0 Å². The molecule has 1 aromatic rings. The van der Waals surface area contributed by atoms with Gasteiger partial charge in [-0.05, 0) is 18.6 Å². The minimum atomic E-state index is 0.0257. The molecule has 0 unspecified atom stereocenters. The van der Waals surface area contributed by atoms with Crippen LogP contribution in [0.5, 0.6) is 5.75 Å². The van der Waals surface area contributed by atoms with Crippen molar-refractivity contribution in [1.29, 1.82) is 0 Å². The highest BCUT2D eigenvalue weighted by Crippen LogP contribution is 2.23. The highest BCUT2D eigenvalue weighted by Gasteiger charge is 2.01. The lowest BCUT2D eigenvalue weighted by atomic mass is 10.3. The minimum Gasteiger partial charge on any atom is -0.492 e. The van der Waals surface area contributed by atoms with Crippen molar-refractivity contribution in [2.45, 2.75) is 12.8 Å². The first-order chi connectivity index (χ1) is 7.24. The van der Waals surface area contributed by atoms with Crippen molar-refractivity contribution in [2.24, 2.45) is 0 Å². The molecule has 0 aliphatic carbocycles. The Morgan fingerprint density at radius 1 is 1.47 bits per heavy atom. The zero-order chi connectivity index (χ0) is 11.1. The molecule has 0 saturated heterocycles. The van der Waals surface area contributed by atoms with Crippen molar-refractivity contribution in [1.82, 2.24) is 5.32 Å². The summed E-state index contributed by atoms with van der Waals surface area (Å²) in [5, 5.41) is 3.15. The van der Waals surface area contributed by atoms with Crippen LogP contribution in [0.3, 0.4) is 0 Å². The number of hydrogen-bond acceptors (Lipinski definition) is 2. The number of carbonyl (C=O) groups is 1. The monoisotopic (exact) mass is 227 g/mol. The molecule has 3 nitrogen and oxygen atoms in total. The molecule has 4 heteroatoms. The molecular formula is C11H14ClNO2. The maximum Gasteiger partial charge on any atom is 0.219 e. The molecular weight excluding hydrogens is 214 g/mol. The van der Waals surface area contributed by atoms with Crippen molar-refractivity contribution in [2.75, 3.05) is 13.7 Å². The van der Waals surface area contributed by atoms with E-state index in [0.29, 0.717) is 30.2 Å². The van der Waals surface area contributed by atoms with E-state index in [1.165, 1.54) is 0 Å². The Hall–Kier alpha value is -1.22. The third kappa shape index (κ3) is 4.21. The Bertz CT molecular complexity index is 328. The van der Waals surface area contributed by atoms with Crippen molar-refractivity contribution in [3.8, 4) is 5.75 Å². The van der Waals surface area contributed by atoms with E-state index >= 15 is 0 Å². The summed E-state index contributed by atoms with van der Waals surface area (Å²) in [5.41, 5.74) is 0. The number of ether oxygens (including phenoxy) is 1. The van der Waals surface area contributed by atoms with Gasteiger partial charge in [-0.1, -0.05) is 23.7 Å². The highest BCUT2D eigenvalue weighted by molar-refractivity contribution is 6.32. The van der Waals surface area contributed by atoms with Crippen LogP contribution in [0.25, 0.3) is 0 Å². The molecule has 0 radical (unpaired) electrons. The molecule has 0 aliphatic rings. The van der Waals surface area contributed by atoms with Crippen LogP contribution in [0, 0.1) is 0 Å². The standard InChI is InChI=1S/C11H14ClNO2/c1-13-11(14)7-4-8-15-10-6-3-2-5-9(10)12/h2-3,5-6H,4,7-8H2,1H3,(H,13,14). The number of nitrogens with one attached hydrogen (secondary N) is 1. The molecule has 0 saturated carbocycles. The molecule has 0 spiro atoms. The van der Waals surface area contributed by atoms with Crippen LogP contribution in [-0.2, 0) is 4.79 Å². The number of hydrogen-bond donors (Lipinski definition) is 1. The molecule has 0 aliphatic heterocycles. The molecule has 15 heavy (non-hydrogen) atoms. The van der Waals surface area contributed by atoms with E-state index in [2.05, 4.69) is 5.32 Å². The smallest absolute Gasteiger partial charge is 0.219 e. The van der Waals surface area contributed by atoms with Gasteiger partial charge in [-0.2, -0.15) is 0 Å². The predicted octanol–water partition coefficient (Wildman–Crippen LogP) is 2.25. The first kappa shape index (κ1) is 11.9. The first-order valence-electron chi connectivity index (χ1n) is 4.82.